The summed E-state index contributed by atoms with van der Waals surface area (Å²) in [6, 6.07) is 3.58. The van der Waals surface area contributed by atoms with Gasteiger partial charge < -0.3 is 4.90 Å². The third-order valence-corrected chi connectivity index (χ3v) is 5.64. The number of pyridine rings is 1. The summed E-state index contributed by atoms with van der Waals surface area (Å²) in [5.74, 6) is -0.349. The molecule has 2 rings (SSSR count). The number of hydrogen-bond acceptors (Lipinski definition) is 4. The first-order valence-corrected chi connectivity index (χ1v) is 10.4. The molecule has 5 nitrogen and oxygen atoms in total. The van der Waals surface area contributed by atoms with E-state index in [9.17, 15) is 17.4 Å². The molecular weight excluding hydrogens is 421 g/mol. The second kappa shape index (κ2) is 9.61. The minimum absolute atomic E-state index is 0.0692. The van der Waals surface area contributed by atoms with Crippen LogP contribution in [-0.4, -0.2) is 48.2 Å². The Labute approximate surface area is 168 Å². The third kappa shape index (κ3) is 6.54. The second-order valence-corrected chi connectivity index (χ2v) is 8.09. The zero-order chi connectivity index (χ0) is 20.0. The Hall–Kier alpha value is -1.52. The predicted molar refractivity (Wildman–Crippen MR) is 105 cm³/mol. The summed E-state index contributed by atoms with van der Waals surface area (Å²) < 4.78 is 50.0. The Balaban J connectivity index is 2.03. The van der Waals surface area contributed by atoms with Crippen LogP contribution in [-0.2, 0) is 10.8 Å². The van der Waals surface area contributed by atoms with Crippen LogP contribution in [0.25, 0.3) is 5.69 Å². The van der Waals surface area contributed by atoms with E-state index < -0.39 is 29.1 Å². The van der Waals surface area contributed by atoms with Crippen LogP contribution in [0.5, 0.6) is 0 Å². The van der Waals surface area contributed by atoms with Gasteiger partial charge in [-0.1, -0.05) is 23.8 Å². The van der Waals surface area contributed by atoms with Crippen molar-refractivity contribution >= 4 is 45.3 Å². The average molecular weight is 439 g/mol. The van der Waals surface area contributed by atoms with Crippen molar-refractivity contribution in [3.05, 3.63) is 35.9 Å². The van der Waals surface area contributed by atoms with Crippen molar-refractivity contribution < 1.29 is 17.4 Å². The normalized spacial score (nSPS) is 12.8. The molecule has 0 radical (unpaired) electrons. The first-order chi connectivity index (χ1) is 12.7. The molecule has 0 aliphatic heterocycles. The number of hydrogen-bond donors (Lipinski definition) is 0. The van der Waals surface area contributed by atoms with Gasteiger partial charge in [0.15, 0.2) is 5.15 Å². The monoisotopic (exact) mass is 438 g/mol. The molecule has 1 unspecified atom stereocenters. The van der Waals surface area contributed by atoms with Crippen molar-refractivity contribution in [2.24, 2.45) is 0 Å². The fourth-order valence-electron chi connectivity index (χ4n) is 2.30. The lowest BCUT2D eigenvalue weighted by Gasteiger charge is -2.22. The van der Waals surface area contributed by atoms with Crippen molar-refractivity contribution in [3.8, 4) is 5.69 Å². The molecule has 0 fully saturated rings. The molecule has 0 saturated heterocycles. The van der Waals surface area contributed by atoms with Crippen LogP contribution >= 0.6 is 23.8 Å². The SMILES string of the molecule is CCN(C(=S)CCS(=O)CCC(F)(F)F)c1cn(-c2cccnc2)nc1Cl. The highest BCUT2D eigenvalue weighted by Gasteiger charge is 2.27. The number of alkyl halides is 3. The number of rotatable bonds is 8. The van der Waals surface area contributed by atoms with E-state index >= 15 is 0 Å². The Kier molecular flexibility index (Phi) is 7.75. The zero-order valence-corrected chi connectivity index (χ0v) is 16.8. The van der Waals surface area contributed by atoms with E-state index in [4.69, 9.17) is 23.8 Å². The van der Waals surface area contributed by atoms with Crippen molar-refractivity contribution in [1.29, 1.82) is 0 Å². The number of thiocarbonyl (C=S) groups is 1. The molecule has 0 aromatic carbocycles. The van der Waals surface area contributed by atoms with Crippen molar-refractivity contribution in [3.63, 3.8) is 0 Å². The molecule has 0 N–H and O–H groups in total. The standard InChI is InChI=1S/C16H18ClF3N4OS2/c1-2-23(14(26)5-8-27(25)9-6-16(18,19)20)13-11-24(22-15(13)17)12-4-3-7-21-10-12/h3-4,7,10-11H,2,5-6,8-9H2,1H3. The molecule has 0 amide bonds. The van der Waals surface area contributed by atoms with Crippen molar-refractivity contribution in [2.45, 2.75) is 25.9 Å². The zero-order valence-electron chi connectivity index (χ0n) is 14.4. The van der Waals surface area contributed by atoms with Gasteiger partial charge in [0.2, 0.25) is 0 Å². The quantitative estimate of drug-likeness (QED) is 0.579. The van der Waals surface area contributed by atoms with E-state index in [0.29, 0.717) is 17.2 Å². The summed E-state index contributed by atoms with van der Waals surface area (Å²) in [5.41, 5.74) is 1.30. The largest absolute Gasteiger partial charge is 0.390 e. The van der Waals surface area contributed by atoms with Gasteiger partial charge in [0.25, 0.3) is 0 Å². The number of aromatic nitrogens is 3. The summed E-state index contributed by atoms with van der Waals surface area (Å²) >= 11 is 11.6. The van der Waals surface area contributed by atoms with Gasteiger partial charge in [-0.2, -0.15) is 18.3 Å². The minimum atomic E-state index is -4.31. The van der Waals surface area contributed by atoms with E-state index in [0.717, 1.165) is 5.69 Å². The van der Waals surface area contributed by atoms with Gasteiger partial charge in [-0.15, -0.1) is 0 Å². The maximum absolute atomic E-state index is 12.2. The summed E-state index contributed by atoms with van der Waals surface area (Å²) in [5, 5.41) is 4.48. The smallest absolute Gasteiger partial charge is 0.332 e. The lowest BCUT2D eigenvalue weighted by molar-refractivity contribution is -0.129. The Morgan fingerprint density at radius 1 is 1.41 bits per heavy atom. The molecule has 11 heteroatoms. The molecule has 2 aromatic heterocycles. The molecule has 2 heterocycles. The van der Waals surface area contributed by atoms with Gasteiger partial charge in [0.1, 0.15) is 0 Å². The van der Waals surface area contributed by atoms with Gasteiger partial charge >= 0.3 is 6.18 Å². The minimum Gasteiger partial charge on any atom is -0.332 e. The topological polar surface area (TPSA) is 51.0 Å². The second-order valence-electron chi connectivity index (χ2n) is 5.56. The van der Waals surface area contributed by atoms with E-state index in [1.807, 2.05) is 13.0 Å². The highest BCUT2D eigenvalue weighted by molar-refractivity contribution is 7.85. The van der Waals surface area contributed by atoms with Gasteiger partial charge in [0.05, 0.1) is 35.2 Å². The highest BCUT2D eigenvalue weighted by atomic mass is 35.5. The van der Waals surface area contributed by atoms with E-state index in [1.165, 1.54) is 0 Å². The van der Waals surface area contributed by atoms with E-state index in [1.54, 1.807) is 34.2 Å². The van der Waals surface area contributed by atoms with Crippen LogP contribution in [0.2, 0.25) is 5.15 Å². The van der Waals surface area contributed by atoms with E-state index in [2.05, 4.69) is 10.1 Å². The van der Waals surface area contributed by atoms with Crippen LogP contribution < -0.4 is 4.90 Å². The Morgan fingerprint density at radius 3 is 2.74 bits per heavy atom. The maximum atomic E-state index is 12.2. The lowest BCUT2D eigenvalue weighted by atomic mass is 10.3. The molecule has 1 atom stereocenters. The summed E-state index contributed by atoms with van der Waals surface area (Å²) in [6.45, 7) is 2.36. The Morgan fingerprint density at radius 2 is 2.15 bits per heavy atom. The van der Waals surface area contributed by atoms with Crippen molar-refractivity contribution in [1.82, 2.24) is 14.8 Å². The predicted octanol–water partition coefficient (Wildman–Crippen LogP) is 4.17. The lowest BCUT2D eigenvalue weighted by Crippen LogP contribution is -2.30. The maximum Gasteiger partial charge on any atom is 0.390 e. The Bertz CT molecular complexity index is 799. The third-order valence-electron chi connectivity index (χ3n) is 3.63. The number of anilines is 1. The van der Waals surface area contributed by atoms with Crippen LogP contribution in [0.1, 0.15) is 19.8 Å². The average Bonchev–Trinajstić information content (AvgIpc) is 3.00. The highest BCUT2D eigenvalue weighted by Crippen LogP contribution is 2.27. The van der Waals surface area contributed by atoms with Crippen LogP contribution in [0.3, 0.4) is 0 Å². The van der Waals surface area contributed by atoms with Gasteiger partial charge in [-0.05, 0) is 19.1 Å². The molecule has 0 aliphatic rings. The number of nitrogens with zero attached hydrogens (tertiary/aromatic N) is 4. The van der Waals surface area contributed by atoms with Crippen molar-refractivity contribution in [2.75, 3.05) is 23.0 Å². The van der Waals surface area contributed by atoms with Gasteiger partial charge in [0, 0.05) is 41.5 Å². The fourth-order valence-corrected chi connectivity index (χ4v) is 4.07. The van der Waals surface area contributed by atoms with E-state index in [-0.39, 0.29) is 17.3 Å². The van der Waals surface area contributed by atoms with Crippen LogP contribution in [0.4, 0.5) is 18.9 Å². The van der Waals surface area contributed by atoms with Gasteiger partial charge in [-0.25, -0.2) is 4.68 Å². The molecule has 27 heavy (non-hydrogen) atoms. The summed E-state index contributed by atoms with van der Waals surface area (Å²) in [6.07, 6.45) is -0.168. The fraction of sp³-hybridized carbons (Fsp3) is 0.438. The molecule has 148 valence electrons. The summed E-state index contributed by atoms with van der Waals surface area (Å²) in [4.78, 5) is 6.21. The molecule has 0 spiro atoms. The first kappa shape index (κ1) is 21.8. The molecule has 0 aliphatic carbocycles. The van der Waals surface area contributed by atoms with Crippen LogP contribution in [0, 0.1) is 0 Å². The molecule has 0 saturated carbocycles. The molecule has 2 aromatic rings. The number of halogens is 4. The molecular formula is C16H18ClF3N4OS2. The summed E-state index contributed by atoms with van der Waals surface area (Å²) in [7, 11) is -1.59. The van der Waals surface area contributed by atoms with Crippen LogP contribution in [0.15, 0.2) is 30.7 Å². The van der Waals surface area contributed by atoms with Gasteiger partial charge in [-0.3, -0.25) is 9.19 Å². The molecule has 0 bridgehead atoms. The first-order valence-electron chi connectivity index (χ1n) is 8.09.